The van der Waals surface area contributed by atoms with Gasteiger partial charge in [0.05, 0.1) is 11.4 Å². The summed E-state index contributed by atoms with van der Waals surface area (Å²) < 4.78 is 0. The molecule has 2 aliphatic rings. The van der Waals surface area contributed by atoms with Crippen LogP contribution in [0.3, 0.4) is 0 Å². The fourth-order valence-corrected chi connectivity index (χ4v) is 4.80. The van der Waals surface area contributed by atoms with Crippen molar-refractivity contribution >= 4 is 40.9 Å². The van der Waals surface area contributed by atoms with Gasteiger partial charge in [0.2, 0.25) is 16.7 Å². The standard InChI is InChI=1S/C18H15N3O3S/c19-15(22)10-20-14-9-5-4-8-13(14)18(17(20)24)21(16(23)11-25-18)12-6-2-1-3-7-12/h1-9H,10-11H2,(H2,19,22). The monoisotopic (exact) mass is 353 g/mol. The highest BCUT2D eigenvalue weighted by Gasteiger charge is 2.61. The predicted molar refractivity (Wildman–Crippen MR) is 96.1 cm³/mol. The summed E-state index contributed by atoms with van der Waals surface area (Å²) in [6.07, 6.45) is 0. The van der Waals surface area contributed by atoms with Gasteiger partial charge in [-0.25, -0.2) is 0 Å². The Balaban J connectivity index is 1.92. The van der Waals surface area contributed by atoms with E-state index >= 15 is 0 Å². The van der Waals surface area contributed by atoms with Crippen molar-refractivity contribution in [2.24, 2.45) is 5.73 Å². The fourth-order valence-electron chi connectivity index (χ4n) is 3.45. The first-order valence-electron chi connectivity index (χ1n) is 7.77. The van der Waals surface area contributed by atoms with Crippen LogP contribution in [-0.4, -0.2) is 30.0 Å². The van der Waals surface area contributed by atoms with E-state index in [4.69, 9.17) is 5.73 Å². The summed E-state index contributed by atoms with van der Waals surface area (Å²) in [5, 5.41) is 0. The van der Waals surface area contributed by atoms with Crippen LogP contribution in [0.1, 0.15) is 5.56 Å². The summed E-state index contributed by atoms with van der Waals surface area (Å²) in [5.41, 5.74) is 7.31. The Hall–Kier alpha value is -2.80. The zero-order chi connectivity index (χ0) is 17.6. The number of nitrogens with two attached hydrogens (primary N) is 1. The fraction of sp³-hybridized carbons (Fsp3) is 0.167. The normalized spacial score (nSPS) is 21.9. The third-order valence-electron chi connectivity index (χ3n) is 4.39. The van der Waals surface area contributed by atoms with Crippen molar-refractivity contribution in [3.63, 3.8) is 0 Å². The summed E-state index contributed by atoms with van der Waals surface area (Å²) >= 11 is 1.28. The molecule has 2 aromatic rings. The highest BCUT2D eigenvalue weighted by atomic mass is 32.2. The highest BCUT2D eigenvalue weighted by Crippen LogP contribution is 2.55. The van der Waals surface area contributed by atoms with Crippen molar-refractivity contribution in [2.45, 2.75) is 4.87 Å². The van der Waals surface area contributed by atoms with Gasteiger partial charge in [-0.1, -0.05) is 36.4 Å². The molecular formula is C18H15N3O3S. The number of hydrogen-bond acceptors (Lipinski definition) is 4. The van der Waals surface area contributed by atoms with Crippen molar-refractivity contribution in [3.05, 3.63) is 60.2 Å². The van der Waals surface area contributed by atoms with Crippen molar-refractivity contribution in [3.8, 4) is 0 Å². The molecule has 1 saturated heterocycles. The van der Waals surface area contributed by atoms with Crippen molar-refractivity contribution < 1.29 is 14.4 Å². The number of hydrogen-bond donors (Lipinski definition) is 1. The average molecular weight is 353 g/mol. The molecule has 1 atom stereocenters. The molecule has 4 rings (SSSR count). The smallest absolute Gasteiger partial charge is 0.269 e. The lowest BCUT2D eigenvalue weighted by molar-refractivity contribution is -0.125. The molecule has 1 spiro atoms. The molecule has 3 amide bonds. The predicted octanol–water partition coefficient (Wildman–Crippen LogP) is 1.45. The number of primary amides is 1. The third kappa shape index (κ3) is 2.16. The van der Waals surface area contributed by atoms with E-state index in [0.717, 1.165) is 0 Å². The lowest BCUT2D eigenvalue weighted by Gasteiger charge is -2.33. The number of carbonyl (C=O) groups excluding carboxylic acids is 3. The topological polar surface area (TPSA) is 83.7 Å². The number of fused-ring (bicyclic) bond motifs is 2. The van der Waals surface area contributed by atoms with Gasteiger partial charge in [-0.3, -0.25) is 24.2 Å². The molecule has 0 bridgehead atoms. The average Bonchev–Trinajstić information content (AvgIpc) is 3.07. The summed E-state index contributed by atoms with van der Waals surface area (Å²) in [7, 11) is 0. The van der Waals surface area contributed by atoms with Crippen molar-refractivity contribution in [2.75, 3.05) is 22.1 Å². The van der Waals surface area contributed by atoms with Crippen LogP contribution in [0.5, 0.6) is 0 Å². The van der Waals surface area contributed by atoms with Gasteiger partial charge in [0.25, 0.3) is 5.91 Å². The second kappa shape index (κ2) is 5.63. The Bertz CT molecular complexity index is 886. The van der Waals surface area contributed by atoms with Gasteiger partial charge in [-0.2, -0.15) is 0 Å². The summed E-state index contributed by atoms with van der Waals surface area (Å²) in [6.45, 7) is -0.213. The molecule has 1 fully saturated rings. The number of amides is 3. The first-order valence-corrected chi connectivity index (χ1v) is 8.76. The molecule has 0 aliphatic carbocycles. The first-order chi connectivity index (χ1) is 12.1. The van der Waals surface area contributed by atoms with E-state index in [1.54, 1.807) is 29.2 Å². The van der Waals surface area contributed by atoms with Crippen LogP contribution in [0.25, 0.3) is 0 Å². The molecule has 7 heteroatoms. The zero-order valence-electron chi connectivity index (χ0n) is 13.2. The molecule has 2 aromatic carbocycles. The molecule has 6 nitrogen and oxygen atoms in total. The number of benzene rings is 2. The molecule has 0 radical (unpaired) electrons. The minimum Gasteiger partial charge on any atom is -0.368 e. The van der Waals surface area contributed by atoms with Crippen LogP contribution in [0, 0.1) is 0 Å². The maximum Gasteiger partial charge on any atom is 0.269 e. The number of para-hydroxylation sites is 2. The maximum atomic E-state index is 13.4. The number of rotatable bonds is 3. The number of carbonyl (C=O) groups is 3. The van der Waals surface area contributed by atoms with Gasteiger partial charge in [-0.15, -0.1) is 11.8 Å². The Kier molecular flexibility index (Phi) is 3.54. The van der Waals surface area contributed by atoms with E-state index < -0.39 is 10.8 Å². The largest absolute Gasteiger partial charge is 0.368 e. The van der Waals surface area contributed by atoms with Crippen molar-refractivity contribution in [1.82, 2.24) is 0 Å². The summed E-state index contributed by atoms with van der Waals surface area (Å²) in [4.78, 5) is 39.2. The summed E-state index contributed by atoms with van der Waals surface area (Å²) in [5.74, 6) is -0.854. The number of nitrogens with zero attached hydrogens (tertiary/aromatic N) is 2. The van der Waals surface area contributed by atoms with Gasteiger partial charge in [0, 0.05) is 11.3 Å². The van der Waals surface area contributed by atoms with Crippen LogP contribution in [0.15, 0.2) is 54.6 Å². The molecule has 2 aliphatic heterocycles. The van der Waals surface area contributed by atoms with Crippen LogP contribution in [0.4, 0.5) is 11.4 Å². The molecule has 2 N–H and O–H groups in total. The minimum atomic E-state index is -1.19. The summed E-state index contributed by atoms with van der Waals surface area (Å²) in [6, 6.07) is 16.3. The second-order valence-electron chi connectivity index (χ2n) is 5.87. The molecule has 2 heterocycles. The van der Waals surface area contributed by atoms with Crippen LogP contribution in [0.2, 0.25) is 0 Å². The SMILES string of the molecule is NC(=O)CN1C(=O)C2(SCC(=O)N2c2ccccc2)c2ccccc21. The number of anilines is 2. The number of thioether (sulfide) groups is 1. The second-order valence-corrected chi connectivity index (χ2v) is 7.04. The van der Waals surface area contributed by atoms with Gasteiger partial charge in [-0.05, 0) is 18.2 Å². The van der Waals surface area contributed by atoms with Crippen LogP contribution in [-0.2, 0) is 19.3 Å². The highest BCUT2D eigenvalue weighted by molar-refractivity contribution is 8.02. The molecular weight excluding hydrogens is 338 g/mol. The van der Waals surface area contributed by atoms with E-state index in [2.05, 4.69) is 0 Å². The van der Waals surface area contributed by atoms with E-state index in [1.807, 2.05) is 30.3 Å². The Morgan fingerprint density at radius 1 is 1.08 bits per heavy atom. The van der Waals surface area contributed by atoms with Gasteiger partial charge < -0.3 is 5.73 Å². The maximum absolute atomic E-state index is 13.4. The first kappa shape index (κ1) is 15.7. The van der Waals surface area contributed by atoms with E-state index in [-0.39, 0.29) is 24.1 Å². The van der Waals surface area contributed by atoms with Crippen LogP contribution >= 0.6 is 11.8 Å². The third-order valence-corrected chi connectivity index (χ3v) is 5.78. The quantitative estimate of drug-likeness (QED) is 0.905. The van der Waals surface area contributed by atoms with Gasteiger partial charge in [0.15, 0.2) is 0 Å². The van der Waals surface area contributed by atoms with Crippen LogP contribution < -0.4 is 15.5 Å². The zero-order valence-corrected chi connectivity index (χ0v) is 14.0. The Labute approximate surface area is 148 Å². The lowest BCUT2D eigenvalue weighted by Crippen LogP contribution is -2.51. The molecule has 0 saturated carbocycles. The van der Waals surface area contributed by atoms with Gasteiger partial charge in [0.1, 0.15) is 6.54 Å². The molecule has 1 unspecified atom stereocenters. The Morgan fingerprint density at radius 2 is 1.76 bits per heavy atom. The Morgan fingerprint density at radius 3 is 2.48 bits per heavy atom. The molecule has 25 heavy (non-hydrogen) atoms. The molecule has 0 aromatic heterocycles. The lowest BCUT2D eigenvalue weighted by atomic mass is 10.0. The van der Waals surface area contributed by atoms with Crippen molar-refractivity contribution in [1.29, 1.82) is 0 Å². The van der Waals surface area contributed by atoms with Gasteiger partial charge >= 0.3 is 0 Å². The minimum absolute atomic E-state index is 0.139. The van der Waals surface area contributed by atoms with E-state index in [9.17, 15) is 14.4 Å². The van der Waals surface area contributed by atoms with E-state index in [1.165, 1.54) is 16.7 Å². The molecule has 126 valence electrons. The van der Waals surface area contributed by atoms with E-state index in [0.29, 0.717) is 16.9 Å².